The van der Waals surface area contributed by atoms with E-state index in [-0.39, 0.29) is 12.6 Å². The number of hydrogen-bond acceptors (Lipinski definition) is 7. The third-order valence-corrected chi connectivity index (χ3v) is 4.09. The zero-order valence-electron chi connectivity index (χ0n) is 15.9. The molecular weight excluding hydrogens is 360 g/mol. The Hall–Kier alpha value is -3.26. The molecule has 0 amide bonds. The number of aliphatic hydroxyl groups excluding tert-OH is 1. The number of allylic oxidation sites excluding steroid dienone is 2. The van der Waals surface area contributed by atoms with Crippen LogP contribution >= 0.6 is 0 Å². The minimum absolute atomic E-state index is 0.133. The summed E-state index contributed by atoms with van der Waals surface area (Å²) in [6.45, 7) is 0.254. The number of carbonyl (C=O) groups is 2. The highest BCUT2D eigenvalue weighted by molar-refractivity contribution is 5.75. The molecule has 3 rings (SSSR count). The quantitative estimate of drug-likeness (QED) is 0.427. The van der Waals surface area contributed by atoms with Gasteiger partial charge in [0, 0.05) is 19.7 Å². The molecule has 0 saturated heterocycles. The van der Waals surface area contributed by atoms with Gasteiger partial charge in [-0.25, -0.2) is 9.98 Å². The van der Waals surface area contributed by atoms with Crippen LogP contribution in [0.2, 0.25) is 0 Å². The molecule has 2 N–H and O–H groups in total. The molecule has 0 fully saturated rings. The van der Waals surface area contributed by atoms with Crippen molar-refractivity contribution in [1.82, 2.24) is 15.2 Å². The number of nitrogens with zero attached hydrogens (tertiary/aromatic N) is 3. The molecule has 1 unspecified atom stereocenters. The van der Waals surface area contributed by atoms with E-state index in [1.807, 2.05) is 30.3 Å². The van der Waals surface area contributed by atoms with E-state index >= 15 is 0 Å². The average Bonchev–Trinajstić information content (AvgIpc) is 3.25. The Kier molecular flexibility index (Phi) is 8.11. The first-order chi connectivity index (χ1) is 13.7. The Balaban J connectivity index is 0.00000136. The number of oxazole rings is 1. The minimum atomic E-state index is -0.133. The molecule has 0 bridgehead atoms. The van der Waals surface area contributed by atoms with Crippen molar-refractivity contribution in [3.8, 4) is 11.5 Å². The van der Waals surface area contributed by atoms with Crippen molar-refractivity contribution >= 4 is 18.9 Å². The molecule has 1 aromatic carbocycles. The number of carbonyl (C=O) groups excluding carboxylic acids is 2. The van der Waals surface area contributed by atoms with Crippen LogP contribution in [-0.2, 0) is 9.59 Å². The van der Waals surface area contributed by atoms with Crippen molar-refractivity contribution < 1.29 is 19.1 Å². The summed E-state index contributed by atoms with van der Waals surface area (Å²) in [6.07, 6.45) is 6.15. The molecule has 0 spiro atoms. The first kappa shape index (κ1) is 21.0. The van der Waals surface area contributed by atoms with E-state index in [1.54, 1.807) is 24.5 Å². The van der Waals surface area contributed by atoms with Crippen LogP contribution in [0.15, 0.2) is 57.3 Å². The number of aliphatic hydroxyl groups is 1. The highest BCUT2D eigenvalue weighted by Gasteiger charge is 2.24. The molecule has 1 aromatic heterocycles. The number of likely N-dealkylation sites (N-methyl/N-ethyl adjacent to an activating group) is 1. The molecule has 2 aromatic rings. The normalized spacial score (nSPS) is 16.2. The predicted octanol–water partition coefficient (Wildman–Crippen LogP) is 1.94. The molecule has 0 aliphatic carbocycles. The SMILES string of the molecule is CN(C=NC1=C(C=O)NC(c2cnc(-c3ccccc3)o2)CC1)CC=O.CO. The van der Waals surface area contributed by atoms with Gasteiger partial charge in [-0.3, -0.25) is 4.79 Å². The summed E-state index contributed by atoms with van der Waals surface area (Å²) >= 11 is 0. The number of aromatic nitrogens is 1. The average molecular weight is 384 g/mol. The van der Waals surface area contributed by atoms with Gasteiger partial charge >= 0.3 is 0 Å². The molecule has 1 aliphatic rings. The highest BCUT2D eigenvalue weighted by Crippen LogP contribution is 2.30. The Labute approximate surface area is 163 Å². The molecule has 2 heterocycles. The summed E-state index contributed by atoms with van der Waals surface area (Å²) in [7, 11) is 2.75. The first-order valence-electron chi connectivity index (χ1n) is 8.80. The Bertz CT molecular complexity index is 830. The zero-order chi connectivity index (χ0) is 20.4. The lowest BCUT2D eigenvalue weighted by Gasteiger charge is -2.24. The number of nitrogens with one attached hydrogen (secondary N) is 1. The third kappa shape index (κ3) is 5.37. The maximum atomic E-state index is 11.4. The second-order valence-corrected chi connectivity index (χ2v) is 6.00. The number of benzene rings is 1. The number of rotatable bonds is 7. The van der Waals surface area contributed by atoms with Gasteiger partial charge in [0.25, 0.3) is 0 Å². The van der Waals surface area contributed by atoms with E-state index in [2.05, 4.69) is 15.3 Å². The molecule has 28 heavy (non-hydrogen) atoms. The summed E-state index contributed by atoms with van der Waals surface area (Å²) in [5.41, 5.74) is 2.00. The van der Waals surface area contributed by atoms with Gasteiger partial charge < -0.3 is 24.5 Å². The fraction of sp³-hybridized carbons (Fsp3) is 0.300. The summed E-state index contributed by atoms with van der Waals surface area (Å²) in [5, 5.41) is 10.2. The van der Waals surface area contributed by atoms with Crippen LogP contribution in [0.25, 0.3) is 11.5 Å². The number of aldehydes is 2. The Morgan fingerprint density at radius 3 is 2.75 bits per heavy atom. The van der Waals surface area contributed by atoms with Crippen LogP contribution in [0, 0.1) is 0 Å². The Morgan fingerprint density at radius 2 is 2.07 bits per heavy atom. The van der Waals surface area contributed by atoms with Gasteiger partial charge in [-0.1, -0.05) is 18.2 Å². The highest BCUT2D eigenvalue weighted by atomic mass is 16.4. The predicted molar refractivity (Wildman–Crippen MR) is 105 cm³/mol. The molecule has 0 radical (unpaired) electrons. The van der Waals surface area contributed by atoms with E-state index in [9.17, 15) is 9.59 Å². The molecule has 1 aliphatic heterocycles. The maximum absolute atomic E-state index is 11.4. The maximum Gasteiger partial charge on any atom is 0.226 e. The summed E-state index contributed by atoms with van der Waals surface area (Å²) in [4.78, 5) is 32.2. The monoisotopic (exact) mass is 384 g/mol. The van der Waals surface area contributed by atoms with Crippen molar-refractivity contribution in [3.05, 3.63) is 53.7 Å². The van der Waals surface area contributed by atoms with Gasteiger partial charge in [0.05, 0.1) is 36.5 Å². The summed E-state index contributed by atoms with van der Waals surface area (Å²) in [6, 6.07) is 9.53. The largest absolute Gasteiger partial charge is 0.439 e. The van der Waals surface area contributed by atoms with Gasteiger partial charge in [0.2, 0.25) is 5.89 Å². The Morgan fingerprint density at radius 1 is 1.32 bits per heavy atom. The van der Waals surface area contributed by atoms with Crippen molar-refractivity contribution in [2.75, 3.05) is 20.7 Å². The minimum Gasteiger partial charge on any atom is -0.439 e. The third-order valence-electron chi connectivity index (χ3n) is 4.09. The summed E-state index contributed by atoms with van der Waals surface area (Å²) < 4.78 is 5.87. The van der Waals surface area contributed by atoms with E-state index in [0.717, 1.165) is 31.7 Å². The molecule has 8 nitrogen and oxygen atoms in total. The van der Waals surface area contributed by atoms with Crippen LogP contribution in [0.1, 0.15) is 24.6 Å². The smallest absolute Gasteiger partial charge is 0.226 e. The van der Waals surface area contributed by atoms with E-state index in [1.165, 1.54) is 0 Å². The van der Waals surface area contributed by atoms with Crippen molar-refractivity contribution in [2.45, 2.75) is 18.9 Å². The van der Waals surface area contributed by atoms with Crippen LogP contribution in [0.5, 0.6) is 0 Å². The summed E-state index contributed by atoms with van der Waals surface area (Å²) in [5.74, 6) is 1.24. The van der Waals surface area contributed by atoms with E-state index in [0.29, 0.717) is 29.5 Å². The molecule has 8 heteroatoms. The fourth-order valence-corrected chi connectivity index (χ4v) is 2.70. The van der Waals surface area contributed by atoms with Crippen LogP contribution in [-0.4, -0.2) is 54.6 Å². The van der Waals surface area contributed by atoms with Crippen LogP contribution < -0.4 is 5.32 Å². The van der Waals surface area contributed by atoms with Crippen molar-refractivity contribution in [1.29, 1.82) is 0 Å². The molecule has 148 valence electrons. The second-order valence-electron chi connectivity index (χ2n) is 6.00. The molecule has 0 saturated carbocycles. The lowest BCUT2D eigenvalue weighted by atomic mass is 10.0. The lowest BCUT2D eigenvalue weighted by molar-refractivity contribution is -0.108. The van der Waals surface area contributed by atoms with Gasteiger partial charge in [-0.2, -0.15) is 0 Å². The fourth-order valence-electron chi connectivity index (χ4n) is 2.70. The van der Waals surface area contributed by atoms with Gasteiger partial charge in [0.1, 0.15) is 12.0 Å². The van der Waals surface area contributed by atoms with Crippen molar-refractivity contribution in [2.24, 2.45) is 4.99 Å². The zero-order valence-corrected chi connectivity index (χ0v) is 15.9. The lowest BCUT2D eigenvalue weighted by Crippen LogP contribution is -2.27. The van der Waals surface area contributed by atoms with Gasteiger partial charge in [-0.05, 0) is 25.0 Å². The van der Waals surface area contributed by atoms with Crippen LogP contribution in [0.4, 0.5) is 0 Å². The van der Waals surface area contributed by atoms with E-state index < -0.39 is 0 Å². The molecule has 1 atom stereocenters. The van der Waals surface area contributed by atoms with E-state index in [4.69, 9.17) is 9.52 Å². The second kappa shape index (κ2) is 10.8. The number of hydrogen-bond donors (Lipinski definition) is 2. The van der Waals surface area contributed by atoms with Crippen LogP contribution in [0.3, 0.4) is 0 Å². The van der Waals surface area contributed by atoms with Crippen molar-refractivity contribution in [3.63, 3.8) is 0 Å². The standard InChI is InChI=1S/C19H20N4O3.CH4O/c1-23(9-10-24)13-21-15-7-8-16(22-17(15)12-25)18-11-20-19(26-18)14-5-3-2-4-6-14;1-2/h2-6,10-13,16,22H,7-9H2,1H3;2H,1H3. The first-order valence-corrected chi connectivity index (χ1v) is 8.80. The van der Waals surface area contributed by atoms with Gasteiger partial charge in [0.15, 0.2) is 6.29 Å². The number of aliphatic imine (C=N–C) groups is 1. The van der Waals surface area contributed by atoms with Gasteiger partial charge in [-0.15, -0.1) is 0 Å². The molecular formula is C20H24N4O4. The topological polar surface area (TPSA) is 108 Å².